The summed E-state index contributed by atoms with van der Waals surface area (Å²) in [6.07, 6.45) is 4.56. The molecule has 1 fully saturated rings. The van der Waals surface area contributed by atoms with Gasteiger partial charge in [0.1, 0.15) is 5.82 Å². The van der Waals surface area contributed by atoms with E-state index in [-0.39, 0.29) is 12.5 Å². The van der Waals surface area contributed by atoms with Crippen LogP contribution in [-0.4, -0.2) is 52.8 Å². The number of halogens is 1. The lowest BCUT2D eigenvalue weighted by atomic mass is 9.99. The lowest BCUT2D eigenvalue weighted by Gasteiger charge is -2.27. The van der Waals surface area contributed by atoms with Crippen LogP contribution in [0, 0.1) is 5.82 Å². The van der Waals surface area contributed by atoms with Crippen LogP contribution in [0.2, 0.25) is 0 Å². The normalized spacial score (nSPS) is 16.5. The summed E-state index contributed by atoms with van der Waals surface area (Å²) in [7, 11) is 0. The molecule has 1 aliphatic heterocycles. The fourth-order valence-corrected chi connectivity index (χ4v) is 2.50. The second-order valence-electron chi connectivity index (χ2n) is 5.19. The highest BCUT2D eigenvalue weighted by Gasteiger charge is 2.18. The molecule has 0 aliphatic carbocycles. The molecule has 2 aromatic heterocycles. The Balaban J connectivity index is 1.79. The molecule has 1 atom stereocenters. The van der Waals surface area contributed by atoms with Crippen molar-refractivity contribution in [1.82, 2.24) is 20.3 Å². The molecule has 0 bridgehead atoms. The Kier molecular flexibility index (Phi) is 4.55. The molecule has 3 heterocycles. The standard InChI is InChI=1S/C15H18FN5O/c16-12-1-2-14(18-9-12)13(10-22)11-7-19-15(20-8-11)21-5-3-17-4-6-21/h1-2,7-9,13,17,22H,3-6,10H2. The number of hydrogen-bond acceptors (Lipinski definition) is 6. The Bertz CT molecular complexity index is 598. The predicted molar refractivity (Wildman–Crippen MR) is 80.2 cm³/mol. The molecule has 0 aromatic carbocycles. The summed E-state index contributed by atoms with van der Waals surface area (Å²) >= 11 is 0. The van der Waals surface area contributed by atoms with E-state index in [1.165, 1.54) is 6.07 Å². The maximum Gasteiger partial charge on any atom is 0.225 e. The molecular weight excluding hydrogens is 285 g/mol. The third kappa shape index (κ3) is 3.20. The first-order valence-corrected chi connectivity index (χ1v) is 7.28. The molecule has 0 saturated carbocycles. The number of hydrogen-bond donors (Lipinski definition) is 2. The van der Waals surface area contributed by atoms with Crippen molar-refractivity contribution in [3.05, 3.63) is 47.8 Å². The van der Waals surface area contributed by atoms with Gasteiger partial charge in [-0.2, -0.15) is 0 Å². The van der Waals surface area contributed by atoms with Crippen LogP contribution >= 0.6 is 0 Å². The van der Waals surface area contributed by atoms with E-state index in [4.69, 9.17) is 0 Å². The van der Waals surface area contributed by atoms with Crippen LogP contribution in [0.1, 0.15) is 17.2 Å². The molecule has 1 aliphatic rings. The van der Waals surface area contributed by atoms with Gasteiger partial charge >= 0.3 is 0 Å². The highest BCUT2D eigenvalue weighted by atomic mass is 19.1. The number of pyridine rings is 1. The fraction of sp³-hybridized carbons (Fsp3) is 0.400. The van der Waals surface area contributed by atoms with Gasteiger partial charge < -0.3 is 15.3 Å². The molecule has 0 radical (unpaired) electrons. The number of nitrogens with zero attached hydrogens (tertiary/aromatic N) is 4. The molecule has 0 amide bonds. The Morgan fingerprint density at radius 1 is 1.14 bits per heavy atom. The summed E-state index contributed by atoms with van der Waals surface area (Å²) in [5.41, 5.74) is 1.36. The highest BCUT2D eigenvalue weighted by Crippen LogP contribution is 2.22. The van der Waals surface area contributed by atoms with Crippen LogP contribution in [0.25, 0.3) is 0 Å². The third-order valence-corrected chi connectivity index (χ3v) is 3.75. The molecule has 1 unspecified atom stereocenters. The van der Waals surface area contributed by atoms with Crippen molar-refractivity contribution in [1.29, 1.82) is 0 Å². The molecular formula is C15H18FN5O. The summed E-state index contributed by atoms with van der Waals surface area (Å²) in [6.45, 7) is 3.47. The number of aromatic nitrogens is 3. The average molecular weight is 303 g/mol. The molecule has 6 nitrogen and oxygen atoms in total. The largest absolute Gasteiger partial charge is 0.395 e. The third-order valence-electron chi connectivity index (χ3n) is 3.75. The van der Waals surface area contributed by atoms with Gasteiger partial charge in [0.2, 0.25) is 5.95 Å². The lowest BCUT2D eigenvalue weighted by molar-refractivity contribution is 0.278. The maximum atomic E-state index is 13.0. The number of piperazine rings is 1. The second kappa shape index (κ2) is 6.76. The highest BCUT2D eigenvalue weighted by molar-refractivity contribution is 5.33. The first-order valence-electron chi connectivity index (χ1n) is 7.28. The van der Waals surface area contributed by atoms with Gasteiger partial charge in [-0.3, -0.25) is 4.98 Å². The second-order valence-corrected chi connectivity index (χ2v) is 5.19. The zero-order chi connectivity index (χ0) is 15.4. The zero-order valence-electron chi connectivity index (χ0n) is 12.1. The Hall–Kier alpha value is -2.12. The predicted octanol–water partition coefficient (Wildman–Crippen LogP) is 0.544. The minimum atomic E-state index is -0.397. The van der Waals surface area contributed by atoms with Gasteiger partial charge in [-0.25, -0.2) is 14.4 Å². The van der Waals surface area contributed by atoms with Crippen molar-refractivity contribution in [2.24, 2.45) is 0 Å². The summed E-state index contributed by atoms with van der Waals surface area (Å²) in [4.78, 5) is 14.9. The number of anilines is 1. The van der Waals surface area contributed by atoms with Crippen molar-refractivity contribution >= 4 is 5.95 Å². The number of rotatable bonds is 4. The van der Waals surface area contributed by atoms with Gasteiger partial charge in [-0.1, -0.05) is 0 Å². The van der Waals surface area contributed by atoms with Gasteiger partial charge in [0.15, 0.2) is 0 Å². The fourth-order valence-electron chi connectivity index (χ4n) is 2.50. The van der Waals surface area contributed by atoms with Crippen molar-refractivity contribution in [2.45, 2.75) is 5.92 Å². The number of aliphatic hydroxyl groups is 1. The van der Waals surface area contributed by atoms with Gasteiger partial charge in [0.25, 0.3) is 0 Å². The van der Waals surface area contributed by atoms with Crippen LogP contribution < -0.4 is 10.2 Å². The van der Waals surface area contributed by atoms with E-state index in [0.717, 1.165) is 37.9 Å². The van der Waals surface area contributed by atoms with Crippen LogP contribution in [0.3, 0.4) is 0 Å². The zero-order valence-corrected chi connectivity index (χ0v) is 12.1. The van der Waals surface area contributed by atoms with E-state index in [0.29, 0.717) is 11.6 Å². The van der Waals surface area contributed by atoms with E-state index in [1.54, 1.807) is 18.5 Å². The summed E-state index contributed by atoms with van der Waals surface area (Å²) in [5, 5.41) is 12.9. The summed E-state index contributed by atoms with van der Waals surface area (Å²) < 4.78 is 13.0. The average Bonchev–Trinajstić information content (AvgIpc) is 2.59. The quantitative estimate of drug-likeness (QED) is 0.859. The molecule has 3 rings (SSSR count). The number of nitrogens with one attached hydrogen (secondary N) is 1. The van der Waals surface area contributed by atoms with Crippen LogP contribution in [-0.2, 0) is 0 Å². The van der Waals surface area contributed by atoms with Crippen molar-refractivity contribution < 1.29 is 9.50 Å². The minimum absolute atomic E-state index is 0.130. The van der Waals surface area contributed by atoms with Crippen LogP contribution in [0.4, 0.5) is 10.3 Å². The summed E-state index contributed by atoms with van der Waals surface area (Å²) in [5.74, 6) is -0.0579. The minimum Gasteiger partial charge on any atom is -0.395 e. The van der Waals surface area contributed by atoms with Crippen molar-refractivity contribution in [3.8, 4) is 0 Å². The van der Waals surface area contributed by atoms with E-state index in [9.17, 15) is 9.50 Å². The molecule has 2 N–H and O–H groups in total. The van der Waals surface area contributed by atoms with Crippen LogP contribution in [0.15, 0.2) is 30.7 Å². The molecule has 116 valence electrons. The molecule has 0 spiro atoms. The van der Waals surface area contributed by atoms with Gasteiger partial charge in [-0.05, 0) is 12.1 Å². The van der Waals surface area contributed by atoms with Gasteiger partial charge in [0.05, 0.1) is 24.4 Å². The Morgan fingerprint density at radius 3 is 2.45 bits per heavy atom. The molecule has 2 aromatic rings. The van der Waals surface area contributed by atoms with E-state index >= 15 is 0 Å². The van der Waals surface area contributed by atoms with Crippen LogP contribution in [0.5, 0.6) is 0 Å². The Labute approximate surface area is 128 Å². The monoisotopic (exact) mass is 303 g/mol. The van der Waals surface area contributed by atoms with E-state index in [2.05, 4.69) is 25.2 Å². The van der Waals surface area contributed by atoms with E-state index in [1.807, 2.05) is 0 Å². The maximum absolute atomic E-state index is 13.0. The Morgan fingerprint density at radius 2 is 1.86 bits per heavy atom. The lowest BCUT2D eigenvalue weighted by Crippen LogP contribution is -2.44. The van der Waals surface area contributed by atoms with Gasteiger partial charge in [0, 0.05) is 44.1 Å². The smallest absolute Gasteiger partial charge is 0.225 e. The first kappa shape index (κ1) is 14.8. The molecule has 7 heteroatoms. The SMILES string of the molecule is OCC(c1cnc(N2CCNCC2)nc1)c1ccc(F)cn1. The summed E-state index contributed by atoms with van der Waals surface area (Å²) in [6, 6.07) is 2.90. The van der Waals surface area contributed by atoms with Crippen molar-refractivity contribution in [2.75, 3.05) is 37.7 Å². The van der Waals surface area contributed by atoms with E-state index < -0.39 is 5.82 Å². The molecule has 22 heavy (non-hydrogen) atoms. The molecule has 1 saturated heterocycles. The number of aliphatic hydroxyl groups excluding tert-OH is 1. The topological polar surface area (TPSA) is 74.2 Å². The van der Waals surface area contributed by atoms with Crippen molar-refractivity contribution in [3.63, 3.8) is 0 Å². The first-order chi connectivity index (χ1) is 10.8. The van der Waals surface area contributed by atoms with Gasteiger partial charge in [-0.15, -0.1) is 0 Å².